The first-order chi connectivity index (χ1) is 48.4. The molecule has 9 aliphatic rings. The largest absolute Gasteiger partial charge is 0.670 e. The summed E-state index contributed by atoms with van der Waals surface area (Å²) in [5.41, 5.74) is 7.78. The van der Waals surface area contributed by atoms with Crippen molar-refractivity contribution in [3.8, 4) is 0 Å². The molecule has 783 valence electrons. The van der Waals surface area contributed by atoms with Gasteiger partial charge in [0.2, 0.25) is 0 Å². The molecule has 0 aromatic heterocycles. The molecule has 9 heterocycles. The summed E-state index contributed by atoms with van der Waals surface area (Å²) in [5, 5.41) is 0. The van der Waals surface area contributed by atoms with Gasteiger partial charge >= 0.3 is 0 Å². The van der Waals surface area contributed by atoms with E-state index in [0.717, 1.165) is 32.7 Å². The molecule has 37 atom stereocenters. The van der Waals surface area contributed by atoms with Crippen LogP contribution in [-0.2, 0) is 1040 Å². The van der Waals surface area contributed by atoms with Crippen LogP contribution in [0.4, 0.5) is 0 Å². The molecule has 9 fully saturated rings. The van der Waals surface area contributed by atoms with E-state index in [1.807, 2.05) is 6.92 Å². The molecule has 9 aliphatic heterocycles. The van der Waals surface area contributed by atoms with Gasteiger partial charge in [0.15, 0.2) is 0 Å². The maximum atomic E-state index is 7.78. The van der Waals surface area contributed by atoms with Gasteiger partial charge in [-0.3, -0.25) is 38.5 Å². The number of ether oxygens (including phenoxy) is 18. The van der Waals surface area contributed by atoms with Crippen LogP contribution in [-0.4, -0.2) is 194 Å². The molecule has 55 heteroatoms. The summed E-state index contributed by atoms with van der Waals surface area (Å²) in [5.74, 6) is 9.54. The van der Waals surface area contributed by atoms with Crippen LogP contribution in [0.3, 0.4) is 0 Å². The van der Waals surface area contributed by atoms with Crippen molar-refractivity contribution < 1.29 is 1040 Å². The van der Waals surface area contributed by atoms with Crippen LogP contribution in [0.25, 0.3) is 5.73 Å². The average Bonchev–Trinajstić information content (AvgIpc) is 0.830. The number of nitrogens with one attached hydrogen (secondary N) is 1. The van der Waals surface area contributed by atoms with E-state index in [0.29, 0.717) is 113 Å². The SMILES string of the molecule is CCC1O[C@@H](OC)[CH-][C@@H](C)[C@@H]1C.CCC1O[C@@H](OC)[CH-][C@@H](C)[C@@H]1C.CCO[C@H]1[CH-][C@@H](C)[C@H](C)CO1.CO[C@H]1[CH-][C@@H](C)[C@H](C)CO1.[CH2-]C1O[C@@H](C)C(OC)[C@@H](C)[C@@H]1C.[CH2-]C1O[C@@H](C)C(OC)[C@@H](C)[C@@H]1C.[CH2-]C1O[C@@H](OC)C([NH-])[C@@H](C)[C@@H]1C.[CH2-]C1O[C@@H](OC)[CH-][C@@H](C)[C@@H]1C.[CH2-]C1O[C@@H](OC)[CH-][C@@H](C)[C@@H]1C.[W].[W].[W].[W].[W].[W].[W].[W].[W].[W].[W].[W].[W].[W].[W].[W].[W].[W].[W].[Y].[Y].[Y].[Y].[Y].[Y].[Y].[Y].[Y].[Y].[Y].[Y].[Y].[Y].[Y].[Y].[Y]. The zero-order valence-electron chi connectivity index (χ0n) is 88.3. The predicted molar refractivity (Wildman–Crippen MR) is 413 cm³/mol. The van der Waals surface area contributed by atoms with Crippen molar-refractivity contribution in [3.63, 3.8) is 0 Å². The first-order valence-electron chi connectivity index (χ1n) is 39.0. The maximum absolute atomic E-state index is 7.78. The second-order valence-corrected chi connectivity index (χ2v) is 30.8. The Morgan fingerprint density at radius 2 is 0.460 bits per heavy atom. The van der Waals surface area contributed by atoms with Crippen LogP contribution in [0.15, 0.2) is 0 Å². The van der Waals surface area contributed by atoms with Crippen molar-refractivity contribution in [2.45, 2.75) is 289 Å². The fourth-order valence-corrected chi connectivity index (χ4v) is 13.5. The van der Waals surface area contributed by atoms with Gasteiger partial charge in [-0.05, 0) is 86.9 Å². The third kappa shape index (κ3) is 113. The minimum Gasteiger partial charge on any atom is -0.670 e. The summed E-state index contributed by atoms with van der Waals surface area (Å²) in [6.45, 7) is 71.6. The van der Waals surface area contributed by atoms with Crippen LogP contribution in [0.5, 0.6) is 0 Å². The zero-order valence-corrected chi connectivity index (χ0v) is 192. The Bertz CT molecular complexity index is 2080. The molecule has 1 N–H and O–H groups in total. The van der Waals surface area contributed by atoms with Gasteiger partial charge in [-0.15, -0.1) is 0 Å². The second-order valence-electron chi connectivity index (χ2n) is 30.8. The Labute approximate surface area is 1550 Å². The van der Waals surface area contributed by atoms with Crippen molar-refractivity contribution in [1.82, 2.24) is 0 Å². The summed E-state index contributed by atoms with van der Waals surface area (Å²) in [7, 11) is 13.4. The summed E-state index contributed by atoms with van der Waals surface area (Å²) in [6.07, 6.45) is 15.5. The van der Waals surface area contributed by atoms with Crippen molar-refractivity contribution in [2.24, 2.45) is 107 Å². The number of hydrogen-bond donors (Lipinski definition) is 0. The number of hydrogen-bond acceptors (Lipinski definition) is 18. The molecular formula is C84H157NO18W19Y17-12. The number of methoxy groups -OCH3 is 8. The quantitative estimate of drug-likeness (QED) is 0.168. The van der Waals surface area contributed by atoms with Gasteiger partial charge in [0.05, 0.1) is 36.6 Å². The van der Waals surface area contributed by atoms with Gasteiger partial charge in [-0.2, -0.15) is 35.5 Å². The molecule has 0 bridgehead atoms. The summed E-state index contributed by atoms with van der Waals surface area (Å²) >= 11 is 0. The third-order valence-corrected chi connectivity index (χ3v) is 23.7. The minimum absolute atomic E-state index is 0. The standard InChI is InChI=1S/4C10H19O2.C9H17NO2.2C9H16O2.C9H17O2.C8H15O2.19W.17Y/c2*1-6-7(2)10(11-5)9(4)12-8(6)3;2*1-5-9-8(3)7(2)6-10(11-4)12-9;1-5-6(2)8(10)9(11-4)12-7(5)3;2*1-6-5-9(10-4)11-8(3)7(6)2;1-4-10-9-5-7(2)8(3)6-11-9;1-6-4-8(9-3)10-5-7(6)2;;;;;;;;;;;;;;;;;;;;;;;;;;;;;;;;;;;;/h2*6-10H,3H2,1-2,4-5H3;2*6-10H,5H2,1-4H3;5-10H,3H2,1-2,4H3;2*5-9H,3H2,1-2,4H3;5,7-9H,4,6H2,1-3H3;4,6-8H,5H2,1-3H3;;;;;;;;;;;;;;;;;;;;;;;;;;;;;;;;;;;;/q4*-1;3*-2;2*-1;;;;;;;;;;;;;;;;;;;;;;;;;;;;;;;;;;;;/t2*6-,7-,8?,9-,10?;2*7-,8+,9?,10-;5-,6-,7?,8?,9+;2*6-,7+,8?,9-;7-,8-,9-;6-,7-,8-;;;;;;;;;;;;;;;;;;;;;;;;;;;;;;;;;;;;/m001101111..................................../s1. The molecule has 0 aromatic rings. The molecule has 0 saturated carbocycles. The fourth-order valence-electron chi connectivity index (χ4n) is 13.5. The normalized spacial score (nSPS) is 33.5. The van der Waals surface area contributed by atoms with Gasteiger partial charge < -0.3 is 126 Å². The molecule has 10 unspecified atom stereocenters. The Morgan fingerprint density at radius 1 is 0.245 bits per heavy atom. The third-order valence-electron chi connectivity index (χ3n) is 23.7. The van der Waals surface area contributed by atoms with Crippen molar-refractivity contribution in [1.29, 1.82) is 0 Å². The van der Waals surface area contributed by atoms with Gasteiger partial charge in [-0.25, -0.2) is 0 Å². The predicted octanol–water partition coefficient (Wildman–Crippen LogP) is 16.7. The maximum Gasteiger partial charge on any atom is 0.138 e. The monoisotopic (exact) mass is 6470 g/mol. The fraction of sp³-hybridized carbons (Fsp3) is 0.869. The molecule has 19 nitrogen and oxygen atoms in total. The molecule has 0 aliphatic carbocycles. The van der Waals surface area contributed by atoms with Crippen molar-refractivity contribution in [2.75, 3.05) is 76.7 Å². The van der Waals surface area contributed by atoms with Crippen LogP contribution in [0, 0.1) is 180 Å². The summed E-state index contributed by atoms with van der Waals surface area (Å²) < 4.78 is 96.3. The Balaban J connectivity index is -0.0000000245. The van der Waals surface area contributed by atoms with E-state index in [2.05, 4.69) is 225 Å². The van der Waals surface area contributed by atoms with E-state index in [-0.39, 0.29) is 1060 Å². The van der Waals surface area contributed by atoms with E-state index in [1.54, 1.807) is 56.9 Å². The van der Waals surface area contributed by atoms with E-state index in [4.69, 9.17) is 91.0 Å². The van der Waals surface area contributed by atoms with Gasteiger partial charge in [0.25, 0.3) is 0 Å². The number of rotatable bonds is 12. The minimum atomic E-state index is -0.404. The van der Waals surface area contributed by atoms with Crippen molar-refractivity contribution >= 4 is 0 Å². The molecule has 17 radical (unpaired) electrons. The topological polar surface area (TPSA) is 190 Å². The van der Waals surface area contributed by atoms with Gasteiger partial charge in [0, 0.05) is 1070 Å². The van der Waals surface area contributed by atoms with Gasteiger partial charge in [0.1, 0.15) is 6.29 Å². The van der Waals surface area contributed by atoms with E-state index in [9.17, 15) is 0 Å². The average molecular weight is 6470 g/mol. The summed E-state index contributed by atoms with van der Waals surface area (Å²) in [4.78, 5) is 0. The molecule has 0 aromatic carbocycles. The molecule has 9 rings (SSSR count). The molecule has 0 spiro atoms. The van der Waals surface area contributed by atoms with E-state index >= 15 is 0 Å². The Kier molecular flexibility index (Phi) is 318. The molecule has 0 amide bonds. The Morgan fingerprint density at radius 3 is 0.683 bits per heavy atom. The molecule has 139 heavy (non-hydrogen) atoms. The van der Waals surface area contributed by atoms with E-state index < -0.39 is 6.29 Å². The van der Waals surface area contributed by atoms with Crippen LogP contribution >= 0.6 is 0 Å². The van der Waals surface area contributed by atoms with E-state index in [1.165, 1.54) is 0 Å². The molecular weight excluding hydrogens is 6320 g/mol. The van der Waals surface area contributed by atoms with Crippen LogP contribution < -0.4 is 0 Å². The second kappa shape index (κ2) is 163. The van der Waals surface area contributed by atoms with Gasteiger partial charge in [-0.1, -0.05) is 193 Å². The first kappa shape index (κ1) is 270. The first-order valence-corrected chi connectivity index (χ1v) is 39.0. The van der Waals surface area contributed by atoms with Crippen molar-refractivity contribution in [3.05, 3.63) is 78.9 Å². The smallest absolute Gasteiger partial charge is 0.138 e. The van der Waals surface area contributed by atoms with Crippen LogP contribution in [0.1, 0.15) is 172 Å². The van der Waals surface area contributed by atoms with Crippen LogP contribution in [0.2, 0.25) is 0 Å². The Hall–Kier alpha value is 31.1. The zero-order chi connectivity index (χ0) is 78.9. The summed E-state index contributed by atoms with van der Waals surface area (Å²) in [6, 6.07) is -0.289. The molecule has 9 saturated heterocycles.